The van der Waals surface area contributed by atoms with Gasteiger partial charge >= 0.3 is 0 Å². The third-order valence-electron chi connectivity index (χ3n) is 4.68. The fraction of sp³-hybridized carbons (Fsp3) is 0.0476. The van der Waals surface area contributed by atoms with E-state index in [1.807, 2.05) is 0 Å². The van der Waals surface area contributed by atoms with Crippen molar-refractivity contribution in [2.75, 3.05) is 0 Å². The Hall–Kier alpha value is -3.56. The van der Waals surface area contributed by atoms with Crippen LogP contribution in [0.1, 0.15) is 26.3 Å². The number of sulfonamides is 1. The lowest BCUT2D eigenvalue weighted by Gasteiger charge is -2.17. The number of hydrogen-bond acceptors (Lipinski definition) is 4. The first kappa shape index (κ1) is 21.2. The van der Waals surface area contributed by atoms with E-state index in [2.05, 4.69) is 0 Å². The van der Waals surface area contributed by atoms with Crippen molar-refractivity contribution in [1.82, 2.24) is 0 Å². The van der Waals surface area contributed by atoms with Gasteiger partial charge in [-0.1, -0.05) is 42.5 Å². The Bertz CT molecular complexity index is 1300. The highest BCUT2D eigenvalue weighted by Gasteiger charge is 2.25. The molecule has 0 aliphatic heterocycles. The van der Waals surface area contributed by atoms with Gasteiger partial charge in [-0.25, -0.2) is 17.9 Å². The number of amides is 2. The lowest BCUT2D eigenvalue weighted by molar-refractivity contribution is 0.0991. The minimum atomic E-state index is -4.16. The first-order chi connectivity index (χ1) is 14.0. The SMILES string of the molecule is Cc1cccc(C(N)=O)c1-c1ccc(-c2ccccc2S(N)(=O)=O)c(C(N)=O)c1F. The number of carbonyl (C=O) groups excluding carboxylic acids is 2. The van der Waals surface area contributed by atoms with Crippen molar-refractivity contribution in [2.24, 2.45) is 16.6 Å². The molecule has 30 heavy (non-hydrogen) atoms. The highest BCUT2D eigenvalue weighted by molar-refractivity contribution is 7.89. The van der Waals surface area contributed by atoms with Crippen molar-refractivity contribution in [3.05, 3.63) is 77.1 Å². The van der Waals surface area contributed by atoms with Crippen LogP contribution in [-0.4, -0.2) is 20.2 Å². The minimum absolute atomic E-state index is 0.0270. The fourth-order valence-corrected chi connectivity index (χ4v) is 4.16. The lowest BCUT2D eigenvalue weighted by atomic mass is 9.89. The number of halogens is 1. The summed E-state index contributed by atoms with van der Waals surface area (Å²) >= 11 is 0. The van der Waals surface area contributed by atoms with Gasteiger partial charge < -0.3 is 11.5 Å². The van der Waals surface area contributed by atoms with E-state index in [-0.39, 0.29) is 32.7 Å². The molecule has 0 bridgehead atoms. The Morgan fingerprint density at radius 3 is 2.07 bits per heavy atom. The smallest absolute Gasteiger partial charge is 0.252 e. The van der Waals surface area contributed by atoms with E-state index in [1.165, 1.54) is 42.5 Å². The van der Waals surface area contributed by atoms with Crippen molar-refractivity contribution >= 4 is 21.8 Å². The molecule has 0 unspecified atom stereocenters. The summed E-state index contributed by atoms with van der Waals surface area (Å²) in [6.07, 6.45) is 0. The molecule has 3 rings (SSSR count). The van der Waals surface area contributed by atoms with Gasteiger partial charge in [-0.3, -0.25) is 9.59 Å². The number of nitrogens with two attached hydrogens (primary N) is 3. The third-order valence-corrected chi connectivity index (χ3v) is 5.65. The highest BCUT2D eigenvalue weighted by Crippen LogP contribution is 2.37. The number of aryl methyl sites for hydroxylation is 1. The van der Waals surface area contributed by atoms with Crippen molar-refractivity contribution in [3.63, 3.8) is 0 Å². The largest absolute Gasteiger partial charge is 0.366 e. The summed E-state index contributed by atoms with van der Waals surface area (Å²) < 4.78 is 39.5. The van der Waals surface area contributed by atoms with E-state index in [4.69, 9.17) is 16.6 Å². The van der Waals surface area contributed by atoms with Crippen LogP contribution in [0.25, 0.3) is 22.3 Å². The zero-order valence-electron chi connectivity index (χ0n) is 15.8. The molecule has 0 aliphatic carbocycles. The van der Waals surface area contributed by atoms with Crippen LogP contribution in [0.4, 0.5) is 4.39 Å². The maximum Gasteiger partial charge on any atom is 0.252 e. The summed E-state index contributed by atoms with van der Waals surface area (Å²) in [5, 5.41) is 5.26. The van der Waals surface area contributed by atoms with E-state index in [0.29, 0.717) is 5.56 Å². The molecule has 0 fully saturated rings. The third kappa shape index (κ3) is 3.68. The molecule has 7 nitrogen and oxygen atoms in total. The molecule has 2 amide bonds. The maximum absolute atomic E-state index is 15.6. The van der Waals surface area contributed by atoms with Crippen LogP contribution < -0.4 is 16.6 Å². The number of rotatable bonds is 5. The zero-order chi connectivity index (χ0) is 22.2. The van der Waals surface area contributed by atoms with Crippen molar-refractivity contribution in [1.29, 1.82) is 0 Å². The Morgan fingerprint density at radius 2 is 1.47 bits per heavy atom. The van der Waals surface area contributed by atoms with E-state index in [1.54, 1.807) is 19.1 Å². The predicted molar refractivity (Wildman–Crippen MR) is 110 cm³/mol. The molecule has 0 heterocycles. The highest BCUT2D eigenvalue weighted by atomic mass is 32.2. The van der Waals surface area contributed by atoms with Crippen LogP contribution in [0.3, 0.4) is 0 Å². The monoisotopic (exact) mass is 427 g/mol. The molecule has 0 saturated carbocycles. The minimum Gasteiger partial charge on any atom is -0.366 e. The second kappa shape index (κ2) is 7.69. The van der Waals surface area contributed by atoms with E-state index < -0.39 is 33.2 Å². The Balaban J connectivity index is 2.39. The molecular formula is C21H18FN3O4S. The van der Waals surface area contributed by atoms with E-state index in [0.717, 1.165) is 0 Å². The van der Waals surface area contributed by atoms with Crippen LogP contribution in [0.15, 0.2) is 59.5 Å². The van der Waals surface area contributed by atoms with Gasteiger partial charge in [0.2, 0.25) is 15.9 Å². The summed E-state index contributed by atoms with van der Waals surface area (Å²) in [5.74, 6) is -2.87. The molecule has 154 valence electrons. The van der Waals surface area contributed by atoms with Crippen LogP contribution in [0.5, 0.6) is 0 Å². The summed E-state index contributed by atoms with van der Waals surface area (Å²) in [4.78, 5) is 23.7. The molecule has 0 saturated heterocycles. The normalized spacial score (nSPS) is 11.3. The number of carbonyl (C=O) groups is 2. The van der Waals surface area contributed by atoms with Gasteiger partial charge in [0.15, 0.2) is 0 Å². The molecular weight excluding hydrogens is 409 g/mol. The molecule has 0 spiro atoms. The first-order valence-electron chi connectivity index (χ1n) is 8.68. The average Bonchev–Trinajstić information content (AvgIpc) is 2.67. The van der Waals surface area contributed by atoms with Crippen molar-refractivity contribution in [2.45, 2.75) is 11.8 Å². The van der Waals surface area contributed by atoms with E-state index in [9.17, 15) is 18.0 Å². The summed E-state index contributed by atoms with van der Waals surface area (Å²) in [6, 6.07) is 13.0. The lowest BCUT2D eigenvalue weighted by Crippen LogP contribution is -2.18. The van der Waals surface area contributed by atoms with Crippen LogP contribution in [0.2, 0.25) is 0 Å². The van der Waals surface area contributed by atoms with Crippen molar-refractivity contribution < 1.29 is 22.4 Å². The van der Waals surface area contributed by atoms with Gasteiger partial charge in [0.25, 0.3) is 5.91 Å². The quantitative estimate of drug-likeness (QED) is 0.573. The molecule has 0 aliphatic rings. The molecule has 0 aromatic heterocycles. The Kier molecular flexibility index (Phi) is 5.43. The van der Waals surface area contributed by atoms with Gasteiger partial charge in [-0.15, -0.1) is 0 Å². The second-order valence-corrected chi connectivity index (χ2v) is 8.15. The predicted octanol–water partition coefficient (Wildman–Crippen LogP) is 2.31. The average molecular weight is 427 g/mol. The second-order valence-electron chi connectivity index (χ2n) is 6.62. The van der Waals surface area contributed by atoms with Gasteiger partial charge in [0.05, 0.1) is 10.5 Å². The molecule has 9 heteroatoms. The van der Waals surface area contributed by atoms with Crippen LogP contribution in [-0.2, 0) is 10.0 Å². The van der Waals surface area contributed by atoms with Gasteiger partial charge in [0.1, 0.15) is 5.82 Å². The number of hydrogen-bond donors (Lipinski definition) is 3. The summed E-state index contributed by atoms with van der Waals surface area (Å²) in [7, 11) is -4.16. The number of benzene rings is 3. The molecule has 6 N–H and O–H groups in total. The van der Waals surface area contributed by atoms with Crippen LogP contribution >= 0.6 is 0 Å². The molecule has 3 aromatic carbocycles. The zero-order valence-corrected chi connectivity index (χ0v) is 16.7. The first-order valence-corrected chi connectivity index (χ1v) is 10.2. The molecule has 0 atom stereocenters. The van der Waals surface area contributed by atoms with Gasteiger partial charge in [-0.2, -0.15) is 0 Å². The fourth-order valence-electron chi connectivity index (χ4n) is 3.40. The number of primary amides is 2. The molecule has 0 radical (unpaired) electrons. The topological polar surface area (TPSA) is 146 Å². The van der Waals surface area contributed by atoms with E-state index >= 15 is 4.39 Å². The Labute approximate surface area is 172 Å². The summed E-state index contributed by atoms with van der Waals surface area (Å²) in [6.45, 7) is 1.66. The van der Waals surface area contributed by atoms with Gasteiger partial charge in [0, 0.05) is 22.3 Å². The van der Waals surface area contributed by atoms with Crippen molar-refractivity contribution in [3.8, 4) is 22.3 Å². The van der Waals surface area contributed by atoms with Crippen LogP contribution in [0, 0.1) is 12.7 Å². The standard InChI is InChI=1S/C21H18FN3O4S/c1-11-5-4-7-15(20(23)26)17(11)14-10-9-13(18(19(14)22)21(24)27)12-6-2-3-8-16(12)30(25,28)29/h2-10H,1H3,(H2,23,26)(H2,24,27)(H2,25,28,29). The molecule has 3 aromatic rings. The maximum atomic E-state index is 15.6. The Morgan fingerprint density at radius 1 is 0.833 bits per heavy atom. The van der Waals surface area contributed by atoms with Gasteiger partial charge in [-0.05, 0) is 30.2 Å². The summed E-state index contributed by atoms with van der Waals surface area (Å²) in [5.41, 5.74) is 11.1. The number of primary sulfonamides is 1.